The zero-order valence-corrected chi connectivity index (χ0v) is 12.5. The molecule has 1 unspecified atom stereocenters. The maximum Gasteiger partial charge on any atom is 0.303 e. The number of hydrogen-bond acceptors (Lipinski definition) is 2. The first-order valence-electron chi connectivity index (χ1n) is 6.86. The molecule has 1 atom stereocenters. The monoisotopic (exact) mass is 310 g/mol. The summed E-state index contributed by atoms with van der Waals surface area (Å²) in [5, 5.41) is 0. The third-order valence-corrected chi connectivity index (χ3v) is 3.44. The Morgan fingerprint density at radius 3 is 2.48 bits per heavy atom. The average Bonchev–Trinajstić information content (AvgIpc) is 2.52. The number of nitrogens with zero attached hydrogens (tertiary/aromatic N) is 1. The van der Waals surface area contributed by atoms with Crippen LogP contribution in [0, 0.1) is 25.1 Å². The van der Waals surface area contributed by atoms with E-state index in [1.165, 1.54) is 18.2 Å². The van der Waals surface area contributed by atoms with Crippen molar-refractivity contribution in [3.63, 3.8) is 0 Å². The van der Waals surface area contributed by atoms with Gasteiger partial charge < -0.3 is 5.73 Å². The van der Waals surface area contributed by atoms with Crippen LogP contribution in [0.25, 0.3) is 0 Å². The van der Waals surface area contributed by atoms with Crippen molar-refractivity contribution >= 4 is 17.5 Å². The SMILES string of the molecule is C#CC(=O)N(c1cccc(F)c1)C(C(N)=O)c1ccccc1C. The molecule has 0 heterocycles. The van der Waals surface area contributed by atoms with Gasteiger partial charge in [0.15, 0.2) is 0 Å². The minimum atomic E-state index is -1.12. The molecule has 4 nitrogen and oxygen atoms in total. The van der Waals surface area contributed by atoms with Gasteiger partial charge in [-0.15, -0.1) is 6.42 Å². The molecule has 0 saturated carbocycles. The predicted octanol–water partition coefficient (Wildman–Crippen LogP) is 2.33. The summed E-state index contributed by atoms with van der Waals surface area (Å²) < 4.78 is 13.5. The molecule has 0 fully saturated rings. The Bertz CT molecular complexity index is 796. The van der Waals surface area contributed by atoms with E-state index in [0.717, 1.165) is 16.5 Å². The minimum Gasteiger partial charge on any atom is -0.368 e. The van der Waals surface area contributed by atoms with Crippen LogP contribution < -0.4 is 10.6 Å². The van der Waals surface area contributed by atoms with E-state index in [2.05, 4.69) is 0 Å². The van der Waals surface area contributed by atoms with Crippen molar-refractivity contribution in [2.75, 3.05) is 4.90 Å². The van der Waals surface area contributed by atoms with Crippen LogP contribution in [0.15, 0.2) is 48.5 Å². The number of rotatable bonds is 4. The van der Waals surface area contributed by atoms with E-state index in [1.54, 1.807) is 31.2 Å². The van der Waals surface area contributed by atoms with E-state index in [4.69, 9.17) is 12.2 Å². The standard InChI is InChI=1S/C18H15FN2O2/c1-3-16(22)21(14-9-6-8-13(19)11-14)17(18(20)23)15-10-5-4-7-12(15)2/h1,4-11,17H,2H3,(H2,20,23). The molecule has 2 aromatic carbocycles. The molecule has 0 aliphatic rings. The van der Waals surface area contributed by atoms with Crippen molar-refractivity contribution in [2.24, 2.45) is 5.73 Å². The molecule has 23 heavy (non-hydrogen) atoms. The number of benzene rings is 2. The summed E-state index contributed by atoms with van der Waals surface area (Å²) in [6, 6.07) is 11.1. The van der Waals surface area contributed by atoms with Gasteiger partial charge in [-0.05, 0) is 42.2 Å². The van der Waals surface area contributed by atoms with E-state index in [9.17, 15) is 14.0 Å². The van der Waals surface area contributed by atoms with Crippen molar-refractivity contribution in [3.05, 3.63) is 65.5 Å². The minimum absolute atomic E-state index is 0.167. The Hall–Kier alpha value is -3.13. The highest BCUT2D eigenvalue weighted by molar-refractivity contribution is 6.09. The molecule has 0 saturated heterocycles. The zero-order valence-electron chi connectivity index (χ0n) is 12.5. The molecule has 5 heteroatoms. The van der Waals surface area contributed by atoms with Crippen LogP contribution >= 0.6 is 0 Å². The fraction of sp³-hybridized carbons (Fsp3) is 0.111. The molecule has 0 spiro atoms. The Kier molecular flexibility index (Phi) is 4.77. The molecular weight excluding hydrogens is 295 g/mol. The van der Waals surface area contributed by atoms with Gasteiger partial charge in [0, 0.05) is 5.69 Å². The molecule has 0 aliphatic heterocycles. The van der Waals surface area contributed by atoms with Gasteiger partial charge in [-0.25, -0.2) is 4.39 Å². The number of nitrogens with two attached hydrogens (primary N) is 1. The van der Waals surface area contributed by atoms with Crippen LogP contribution in [0.3, 0.4) is 0 Å². The van der Waals surface area contributed by atoms with Crippen LogP contribution in [0.1, 0.15) is 17.2 Å². The van der Waals surface area contributed by atoms with E-state index < -0.39 is 23.7 Å². The molecule has 0 aromatic heterocycles. The van der Waals surface area contributed by atoms with E-state index in [0.29, 0.717) is 5.56 Å². The summed E-state index contributed by atoms with van der Waals surface area (Å²) in [7, 11) is 0. The lowest BCUT2D eigenvalue weighted by atomic mass is 9.98. The molecule has 116 valence electrons. The molecule has 2 amide bonds. The Balaban J connectivity index is 2.64. The second-order valence-corrected chi connectivity index (χ2v) is 4.96. The number of hydrogen-bond donors (Lipinski definition) is 1. The number of anilines is 1. The second-order valence-electron chi connectivity index (χ2n) is 4.96. The molecule has 2 aromatic rings. The third kappa shape index (κ3) is 3.38. The first kappa shape index (κ1) is 16.2. The van der Waals surface area contributed by atoms with Crippen LogP contribution in [0.2, 0.25) is 0 Å². The van der Waals surface area contributed by atoms with Crippen molar-refractivity contribution in [1.29, 1.82) is 0 Å². The van der Waals surface area contributed by atoms with E-state index in [-0.39, 0.29) is 5.69 Å². The van der Waals surface area contributed by atoms with Crippen LogP contribution in [0.4, 0.5) is 10.1 Å². The number of primary amides is 1. The van der Waals surface area contributed by atoms with Gasteiger partial charge in [0.2, 0.25) is 5.91 Å². The topological polar surface area (TPSA) is 63.4 Å². The van der Waals surface area contributed by atoms with Gasteiger partial charge in [-0.3, -0.25) is 14.5 Å². The molecular formula is C18H15FN2O2. The Morgan fingerprint density at radius 2 is 1.91 bits per heavy atom. The molecule has 2 N–H and O–H groups in total. The highest BCUT2D eigenvalue weighted by atomic mass is 19.1. The van der Waals surface area contributed by atoms with Crippen molar-refractivity contribution in [1.82, 2.24) is 0 Å². The van der Waals surface area contributed by atoms with Crippen LogP contribution in [0.5, 0.6) is 0 Å². The summed E-state index contributed by atoms with van der Waals surface area (Å²) in [4.78, 5) is 25.3. The van der Waals surface area contributed by atoms with Crippen molar-refractivity contribution in [2.45, 2.75) is 13.0 Å². The van der Waals surface area contributed by atoms with Crippen LogP contribution in [-0.4, -0.2) is 11.8 Å². The number of aryl methyl sites for hydroxylation is 1. The summed E-state index contributed by atoms with van der Waals surface area (Å²) >= 11 is 0. The fourth-order valence-electron chi connectivity index (χ4n) is 2.39. The van der Waals surface area contributed by atoms with Gasteiger partial charge in [0.05, 0.1) is 0 Å². The highest BCUT2D eigenvalue weighted by Gasteiger charge is 2.31. The molecule has 0 bridgehead atoms. The summed E-state index contributed by atoms with van der Waals surface area (Å²) in [6.07, 6.45) is 5.22. The lowest BCUT2D eigenvalue weighted by Gasteiger charge is -2.29. The maximum atomic E-state index is 13.5. The summed E-state index contributed by atoms with van der Waals surface area (Å²) in [5.74, 6) is -0.119. The van der Waals surface area contributed by atoms with Crippen molar-refractivity contribution < 1.29 is 14.0 Å². The maximum absolute atomic E-state index is 13.5. The van der Waals surface area contributed by atoms with Gasteiger partial charge in [0.1, 0.15) is 11.9 Å². The largest absolute Gasteiger partial charge is 0.368 e. The van der Waals surface area contributed by atoms with E-state index >= 15 is 0 Å². The summed E-state index contributed by atoms with van der Waals surface area (Å²) in [5.41, 5.74) is 6.98. The number of halogens is 1. The highest BCUT2D eigenvalue weighted by Crippen LogP contribution is 2.29. The lowest BCUT2D eigenvalue weighted by molar-refractivity contribution is -0.122. The fourth-order valence-corrected chi connectivity index (χ4v) is 2.39. The van der Waals surface area contributed by atoms with Crippen LogP contribution in [-0.2, 0) is 9.59 Å². The number of carbonyl (C=O) groups excluding carboxylic acids is 2. The van der Waals surface area contributed by atoms with Gasteiger partial charge in [-0.1, -0.05) is 30.3 Å². The molecule has 0 aliphatic carbocycles. The lowest BCUT2D eigenvalue weighted by Crippen LogP contribution is -2.41. The van der Waals surface area contributed by atoms with Gasteiger partial charge in [0.25, 0.3) is 0 Å². The zero-order chi connectivity index (χ0) is 17.0. The number of amides is 2. The second kappa shape index (κ2) is 6.75. The predicted molar refractivity (Wildman–Crippen MR) is 85.8 cm³/mol. The number of terminal acetylenes is 1. The average molecular weight is 310 g/mol. The Labute approximate surface area is 133 Å². The summed E-state index contributed by atoms with van der Waals surface area (Å²) in [6.45, 7) is 1.79. The first-order chi connectivity index (χ1) is 11.0. The smallest absolute Gasteiger partial charge is 0.303 e. The van der Waals surface area contributed by atoms with Gasteiger partial charge >= 0.3 is 5.91 Å². The number of carbonyl (C=O) groups is 2. The molecule has 2 rings (SSSR count). The normalized spacial score (nSPS) is 11.3. The van der Waals surface area contributed by atoms with Gasteiger partial charge in [-0.2, -0.15) is 0 Å². The first-order valence-corrected chi connectivity index (χ1v) is 6.86. The quantitative estimate of drug-likeness (QED) is 0.881. The Morgan fingerprint density at radius 1 is 1.22 bits per heavy atom. The molecule has 0 radical (unpaired) electrons. The van der Waals surface area contributed by atoms with E-state index in [1.807, 2.05) is 5.92 Å². The third-order valence-electron chi connectivity index (χ3n) is 3.44. The van der Waals surface area contributed by atoms with Crippen molar-refractivity contribution in [3.8, 4) is 12.3 Å².